The van der Waals surface area contributed by atoms with Gasteiger partial charge >= 0.3 is 0 Å². The molecule has 3 heteroatoms. The number of rotatable bonds is 2. The average Bonchev–Trinajstić information content (AvgIpc) is 2.46. The van der Waals surface area contributed by atoms with Crippen LogP contribution in [0, 0.1) is 6.92 Å². The van der Waals surface area contributed by atoms with E-state index in [1.54, 1.807) is 0 Å². The molecule has 1 aliphatic rings. The summed E-state index contributed by atoms with van der Waals surface area (Å²) in [7, 11) is 0. The summed E-state index contributed by atoms with van der Waals surface area (Å²) in [6, 6.07) is 8.26. The minimum absolute atomic E-state index is 0.762. The third-order valence-corrected chi connectivity index (χ3v) is 3.85. The first-order chi connectivity index (χ1) is 9.28. The first-order valence-corrected chi connectivity index (χ1v) is 6.95. The van der Waals surface area contributed by atoms with Crippen LogP contribution in [0.25, 0.3) is 10.9 Å². The third kappa shape index (κ3) is 2.33. The van der Waals surface area contributed by atoms with Crippen molar-refractivity contribution in [2.24, 2.45) is 0 Å². The zero-order valence-electron chi connectivity index (χ0n) is 11.3. The zero-order valence-corrected chi connectivity index (χ0v) is 11.3. The van der Waals surface area contributed by atoms with E-state index >= 15 is 0 Å². The number of aldehydes is 1. The second-order valence-electron chi connectivity index (χ2n) is 5.33. The molecule has 1 fully saturated rings. The molecule has 0 radical (unpaired) electrons. The number of aryl methyl sites for hydroxylation is 1. The number of anilines is 1. The number of H-pyrrole nitrogens is 1. The van der Waals surface area contributed by atoms with Crippen LogP contribution in [0.4, 0.5) is 5.82 Å². The minimum Gasteiger partial charge on any atom is -0.298 e. The summed E-state index contributed by atoms with van der Waals surface area (Å²) in [5, 5.41) is 1.09. The minimum atomic E-state index is 0.762. The van der Waals surface area contributed by atoms with Gasteiger partial charge in [0, 0.05) is 5.39 Å². The molecule has 3 nitrogen and oxygen atoms in total. The Balaban J connectivity index is 2.12. The van der Waals surface area contributed by atoms with Gasteiger partial charge < -0.3 is 0 Å². The maximum atomic E-state index is 11.3. The smallest absolute Gasteiger partial charge is 0.285 e. The Hall–Kier alpha value is -1.90. The van der Waals surface area contributed by atoms with Crippen LogP contribution in [-0.4, -0.2) is 19.4 Å². The summed E-state index contributed by atoms with van der Waals surface area (Å²) in [4.78, 5) is 17.1. The molecule has 0 unspecified atom stereocenters. The first kappa shape index (κ1) is 12.2. The van der Waals surface area contributed by atoms with Gasteiger partial charge in [-0.05, 0) is 43.9 Å². The van der Waals surface area contributed by atoms with E-state index in [2.05, 4.69) is 35.0 Å². The summed E-state index contributed by atoms with van der Waals surface area (Å²) in [6.45, 7) is 4.16. The Labute approximate surface area is 113 Å². The second-order valence-corrected chi connectivity index (χ2v) is 5.33. The Morgan fingerprint density at radius 3 is 2.68 bits per heavy atom. The third-order valence-electron chi connectivity index (χ3n) is 3.85. The van der Waals surface area contributed by atoms with Crippen molar-refractivity contribution in [3.63, 3.8) is 0 Å². The van der Waals surface area contributed by atoms with E-state index in [1.165, 1.54) is 24.8 Å². The topological polar surface area (TPSA) is 34.5 Å². The molecular weight excluding hydrogens is 236 g/mol. The largest absolute Gasteiger partial charge is 0.298 e. The van der Waals surface area contributed by atoms with Gasteiger partial charge in [-0.15, -0.1) is 0 Å². The highest BCUT2D eigenvalue weighted by Crippen LogP contribution is 2.22. The van der Waals surface area contributed by atoms with Crippen LogP contribution in [0.2, 0.25) is 0 Å². The van der Waals surface area contributed by atoms with Crippen LogP contribution in [0.3, 0.4) is 0 Å². The normalized spacial score (nSPS) is 15.7. The molecule has 0 saturated carbocycles. The molecule has 98 valence electrons. The number of aromatic amines is 1. The molecule has 1 saturated heterocycles. The van der Waals surface area contributed by atoms with Gasteiger partial charge in [0.05, 0.1) is 13.1 Å². The van der Waals surface area contributed by atoms with Gasteiger partial charge in [0.2, 0.25) is 0 Å². The summed E-state index contributed by atoms with van der Waals surface area (Å²) in [5.74, 6) is 0.979. The van der Waals surface area contributed by atoms with E-state index in [0.29, 0.717) is 0 Å². The lowest BCUT2D eigenvalue weighted by molar-refractivity contribution is -0.331. The Bertz CT molecular complexity index is 615. The lowest BCUT2D eigenvalue weighted by atomic mass is 10.1. The van der Waals surface area contributed by atoms with Crippen LogP contribution < -0.4 is 9.88 Å². The molecular formula is C16H19N2O+. The van der Waals surface area contributed by atoms with E-state index in [1.807, 2.05) is 6.07 Å². The molecule has 0 atom stereocenters. The van der Waals surface area contributed by atoms with Gasteiger partial charge in [-0.3, -0.25) is 9.69 Å². The lowest BCUT2D eigenvalue weighted by Crippen LogP contribution is -2.35. The number of piperidine rings is 1. The number of carbonyl (C=O) groups excluding carboxylic acids is 1. The van der Waals surface area contributed by atoms with E-state index in [4.69, 9.17) is 0 Å². The zero-order chi connectivity index (χ0) is 13.2. The van der Waals surface area contributed by atoms with Gasteiger partial charge in [0.25, 0.3) is 5.82 Å². The number of fused-ring (bicyclic) bond motifs is 1. The number of hydrogen-bond acceptors (Lipinski definition) is 2. The fourth-order valence-corrected chi connectivity index (χ4v) is 2.81. The van der Waals surface area contributed by atoms with Gasteiger partial charge in [-0.2, -0.15) is 0 Å². The molecule has 1 aliphatic heterocycles. The van der Waals surface area contributed by atoms with Crippen molar-refractivity contribution in [3.05, 3.63) is 35.4 Å². The van der Waals surface area contributed by atoms with Crippen molar-refractivity contribution < 1.29 is 9.78 Å². The highest BCUT2D eigenvalue weighted by atomic mass is 16.1. The second kappa shape index (κ2) is 5.00. The average molecular weight is 255 g/mol. The van der Waals surface area contributed by atoms with Gasteiger partial charge in [-0.1, -0.05) is 12.1 Å². The molecule has 1 N–H and O–H groups in total. The molecule has 19 heavy (non-hydrogen) atoms. The van der Waals surface area contributed by atoms with Crippen LogP contribution in [0.5, 0.6) is 0 Å². The quantitative estimate of drug-likeness (QED) is 0.773. The molecule has 1 aromatic carbocycles. The Morgan fingerprint density at radius 2 is 1.95 bits per heavy atom. The molecule has 1 aromatic heterocycles. The number of hydrogen-bond donors (Lipinski definition) is 0. The van der Waals surface area contributed by atoms with Crippen molar-refractivity contribution in [3.8, 4) is 0 Å². The SMILES string of the molecule is Cc1ccc2cc(C=O)c(N3CCCCC3)[nH+]c2c1. The molecule has 0 spiro atoms. The van der Waals surface area contributed by atoms with Gasteiger partial charge in [-0.25, -0.2) is 4.98 Å². The van der Waals surface area contributed by atoms with Crippen LogP contribution in [0.1, 0.15) is 35.2 Å². The lowest BCUT2D eigenvalue weighted by Gasteiger charge is -2.22. The number of pyridine rings is 1. The fourth-order valence-electron chi connectivity index (χ4n) is 2.81. The summed E-state index contributed by atoms with van der Waals surface area (Å²) < 4.78 is 0. The standard InChI is InChI=1S/C16H18N2O/c1-12-5-6-13-10-14(11-19)16(17-15(13)9-12)18-7-3-2-4-8-18/h5-6,9-11H,2-4,7-8H2,1H3/p+1. The van der Waals surface area contributed by atoms with Crippen molar-refractivity contribution in [1.82, 2.24) is 0 Å². The number of nitrogens with zero attached hydrogens (tertiary/aromatic N) is 1. The first-order valence-electron chi connectivity index (χ1n) is 6.95. The molecule has 3 rings (SSSR count). The monoisotopic (exact) mass is 255 g/mol. The van der Waals surface area contributed by atoms with Gasteiger partial charge in [0.15, 0.2) is 6.29 Å². The maximum absolute atomic E-state index is 11.3. The number of aromatic nitrogens is 1. The molecule has 0 aliphatic carbocycles. The van der Waals surface area contributed by atoms with Crippen LogP contribution >= 0.6 is 0 Å². The fraction of sp³-hybridized carbons (Fsp3) is 0.375. The number of nitrogens with one attached hydrogen (secondary N) is 1. The molecule has 0 amide bonds. The van der Waals surface area contributed by atoms with Crippen molar-refractivity contribution in [1.29, 1.82) is 0 Å². The number of carbonyl (C=O) groups is 1. The molecule has 2 aromatic rings. The highest BCUT2D eigenvalue weighted by molar-refractivity contribution is 5.89. The van der Waals surface area contributed by atoms with Crippen molar-refractivity contribution >= 4 is 23.0 Å². The maximum Gasteiger partial charge on any atom is 0.285 e. The van der Waals surface area contributed by atoms with Crippen LogP contribution in [-0.2, 0) is 0 Å². The van der Waals surface area contributed by atoms with Crippen molar-refractivity contribution in [2.75, 3.05) is 18.0 Å². The van der Waals surface area contributed by atoms with E-state index in [9.17, 15) is 4.79 Å². The van der Waals surface area contributed by atoms with Gasteiger partial charge in [0.1, 0.15) is 11.1 Å². The van der Waals surface area contributed by atoms with E-state index in [-0.39, 0.29) is 0 Å². The summed E-state index contributed by atoms with van der Waals surface area (Å²) in [6.07, 6.45) is 4.66. The van der Waals surface area contributed by atoms with E-state index < -0.39 is 0 Å². The Kier molecular flexibility index (Phi) is 3.20. The summed E-state index contributed by atoms with van der Waals surface area (Å²) >= 11 is 0. The summed E-state index contributed by atoms with van der Waals surface area (Å²) in [5.41, 5.74) is 3.09. The van der Waals surface area contributed by atoms with Crippen LogP contribution in [0.15, 0.2) is 24.3 Å². The predicted octanol–water partition coefficient (Wildman–Crippen LogP) is 2.77. The highest BCUT2D eigenvalue weighted by Gasteiger charge is 2.23. The molecule has 0 bridgehead atoms. The number of benzene rings is 1. The predicted molar refractivity (Wildman–Crippen MR) is 76.7 cm³/mol. The Morgan fingerprint density at radius 1 is 1.16 bits per heavy atom. The van der Waals surface area contributed by atoms with Crippen molar-refractivity contribution in [2.45, 2.75) is 26.2 Å². The van der Waals surface area contributed by atoms with E-state index in [0.717, 1.165) is 41.7 Å². The molecule has 2 heterocycles.